The lowest BCUT2D eigenvalue weighted by Crippen LogP contribution is -2.31. The molecule has 1 rings (SSSR count). The summed E-state index contributed by atoms with van der Waals surface area (Å²) < 4.78 is 29.7. The first-order chi connectivity index (χ1) is 8.67. The minimum Gasteiger partial charge on any atom is -0.494 e. The van der Waals surface area contributed by atoms with Crippen LogP contribution in [-0.2, 0) is 0 Å². The topological polar surface area (TPSA) is 47.3 Å². The molecule has 0 saturated heterocycles. The summed E-state index contributed by atoms with van der Waals surface area (Å²) in [6.45, 7) is 2.63. The predicted molar refractivity (Wildman–Crippen MR) is 68.0 cm³/mol. The first kappa shape index (κ1) is 14.9. The van der Waals surface area contributed by atoms with Gasteiger partial charge in [0.25, 0.3) is 6.43 Å². The zero-order chi connectivity index (χ0) is 13.4. The molecule has 5 heteroatoms. The average molecular weight is 258 g/mol. The Morgan fingerprint density at radius 2 is 1.94 bits per heavy atom. The summed E-state index contributed by atoms with van der Waals surface area (Å²) in [4.78, 5) is 0. The molecule has 102 valence electrons. The summed E-state index contributed by atoms with van der Waals surface area (Å²) in [6.07, 6.45) is -1.42. The van der Waals surface area contributed by atoms with Crippen molar-refractivity contribution in [2.75, 3.05) is 19.7 Å². The fraction of sp³-hybridized carbons (Fsp3) is 0.538. The molecule has 0 bridgehead atoms. The zero-order valence-corrected chi connectivity index (χ0v) is 10.5. The highest BCUT2D eigenvalue weighted by Crippen LogP contribution is 2.17. The maximum Gasteiger partial charge on any atom is 0.250 e. The van der Waals surface area contributed by atoms with Crippen molar-refractivity contribution in [3.63, 3.8) is 0 Å². The molecule has 0 amide bonds. The van der Waals surface area contributed by atoms with E-state index in [2.05, 4.69) is 5.32 Å². The highest BCUT2D eigenvalue weighted by molar-refractivity contribution is 5.29. The normalized spacial score (nSPS) is 12.7. The number of ether oxygens (including phenoxy) is 1. The molecular formula is C13H20F2N2O. The second-order valence-electron chi connectivity index (χ2n) is 4.01. The quantitative estimate of drug-likeness (QED) is 0.752. The molecule has 1 unspecified atom stereocenters. The van der Waals surface area contributed by atoms with Gasteiger partial charge < -0.3 is 15.8 Å². The van der Waals surface area contributed by atoms with E-state index in [4.69, 9.17) is 10.5 Å². The third-order valence-corrected chi connectivity index (χ3v) is 2.51. The van der Waals surface area contributed by atoms with Gasteiger partial charge in [-0.1, -0.05) is 19.1 Å². The second kappa shape index (κ2) is 8.00. The molecule has 0 heterocycles. The third-order valence-electron chi connectivity index (χ3n) is 2.51. The van der Waals surface area contributed by atoms with E-state index in [9.17, 15) is 8.78 Å². The van der Waals surface area contributed by atoms with Crippen molar-refractivity contribution in [2.45, 2.75) is 25.8 Å². The summed E-state index contributed by atoms with van der Waals surface area (Å²) in [5.41, 5.74) is 6.46. The number of alkyl halides is 2. The van der Waals surface area contributed by atoms with Gasteiger partial charge in [0.2, 0.25) is 0 Å². The van der Waals surface area contributed by atoms with E-state index < -0.39 is 6.43 Å². The summed E-state index contributed by atoms with van der Waals surface area (Å²) in [7, 11) is 0. The van der Waals surface area contributed by atoms with Gasteiger partial charge in [0, 0.05) is 12.6 Å². The third kappa shape index (κ3) is 4.98. The maximum absolute atomic E-state index is 12.1. The second-order valence-corrected chi connectivity index (χ2v) is 4.01. The Labute approximate surface area is 106 Å². The van der Waals surface area contributed by atoms with Gasteiger partial charge in [-0.2, -0.15) is 0 Å². The number of benzene rings is 1. The van der Waals surface area contributed by atoms with Gasteiger partial charge in [0.1, 0.15) is 5.75 Å². The first-order valence-electron chi connectivity index (χ1n) is 6.11. The number of nitrogens with one attached hydrogen (secondary N) is 1. The Morgan fingerprint density at radius 3 is 2.44 bits per heavy atom. The Balaban J connectivity index is 2.57. The molecule has 18 heavy (non-hydrogen) atoms. The smallest absolute Gasteiger partial charge is 0.250 e. The first-order valence-corrected chi connectivity index (χ1v) is 6.11. The lowest BCUT2D eigenvalue weighted by Gasteiger charge is -2.17. The van der Waals surface area contributed by atoms with Crippen molar-refractivity contribution in [3.05, 3.63) is 29.8 Å². The molecule has 0 aliphatic heterocycles. The van der Waals surface area contributed by atoms with Gasteiger partial charge in [0.15, 0.2) is 0 Å². The molecule has 0 aliphatic carbocycles. The van der Waals surface area contributed by atoms with E-state index in [0.29, 0.717) is 6.61 Å². The monoisotopic (exact) mass is 258 g/mol. The molecule has 0 spiro atoms. The van der Waals surface area contributed by atoms with Gasteiger partial charge in [-0.05, 0) is 24.1 Å². The Bertz CT molecular complexity index is 330. The number of hydrogen-bond acceptors (Lipinski definition) is 3. The van der Waals surface area contributed by atoms with Crippen LogP contribution in [0.1, 0.15) is 24.9 Å². The van der Waals surface area contributed by atoms with Crippen molar-refractivity contribution < 1.29 is 13.5 Å². The van der Waals surface area contributed by atoms with E-state index in [1.807, 2.05) is 31.2 Å². The minimum atomic E-state index is -2.37. The largest absolute Gasteiger partial charge is 0.494 e. The Morgan fingerprint density at radius 1 is 1.28 bits per heavy atom. The van der Waals surface area contributed by atoms with Gasteiger partial charge in [-0.25, -0.2) is 8.78 Å². The Kier molecular flexibility index (Phi) is 6.60. The van der Waals surface area contributed by atoms with Crippen molar-refractivity contribution >= 4 is 0 Å². The van der Waals surface area contributed by atoms with E-state index in [-0.39, 0.29) is 19.1 Å². The van der Waals surface area contributed by atoms with Crippen LogP contribution in [-0.4, -0.2) is 26.1 Å². The van der Waals surface area contributed by atoms with Crippen molar-refractivity contribution in [3.8, 4) is 5.75 Å². The fourth-order valence-electron chi connectivity index (χ4n) is 1.58. The van der Waals surface area contributed by atoms with Crippen LogP contribution in [0, 0.1) is 0 Å². The van der Waals surface area contributed by atoms with Crippen LogP contribution in [0.15, 0.2) is 24.3 Å². The molecule has 3 N–H and O–H groups in total. The van der Waals surface area contributed by atoms with Gasteiger partial charge in [-0.15, -0.1) is 0 Å². The molecule has 1 aromatic carbocycles. The zero-order valence-electron chi connectivity index (χ0n) is 10.5. The van der Waals surface area contributed by atoms with Crippen LogP contribution in [0.25, 0.3) is 0 Å². The Hall–Kier alpha value is -1.20. The van der Waals surface area contributed by atoms with Crippen LogP contribution in [0.3, 0.4) is 0 Å². The number of halogens is 2. The van der Waals surface area contributed by atoms with E-state index in [0.717, 1.165) is 17.7 Å². The number of nitrogens with two attached hydrogens (primary N) is 1. The van der Waals surface area contributed by atoms with Crippen LogP contribution >= 0.6 is 0 Å². The molecule has 0 radical (unpaired) electrons. The fourth-order valence-corrected chi connectivity index (χ4v) is 1.58. The molecule has 3 nitrogen and oxygen atoms in total. The molecule has 0 aromatic heterocycles. The molecule has 0 fully saturated rings. The van der Waals surface area contributed by atoms with E-state index >= 15 is 0 Å². The van der Waals surface area contributed by atoms with E-state index in [1.165, 1.54) is 0 Å². The summed E-state index contributed by atoms with van der Waals surface area (Å²) in [5.74, 6) is 0.783. The number of rotatable bonds is 8. The van der Waals surface area contributed by atoms with Crippen molar-refractivity contribution in [1.82, 2.24) is 5.32 Å². The van der Waals surface area contributed by atoms with Gasteiger partial charge in [-0.3, -0.25) is 0 Å². The van der Waals surface area contributed by atoms with Gasteiger partial charge in [0.05, 0.1) is 13.2 Å². The van der Waals surface area contributed by atoms with Crippen LogP contribution in [0.2, 0.25) is 0 Å². The average Bonchev–Trinajstić information content (AvgIpc) is 2.38. The number of hydrogen-bond donors (Lipinski definition) is 2. The summed E-state index contributed by atoms with van der Waals surface area (Å²) in [5, 5.41) is 2.73. The minimum absolute atomic E-state index is 0.251. The van der Waals surface area contributed by atoms with Crippen LogP contribution in [0.4, 0.5) is 8.78 Å². The SMILES string of the molecule is CCCOc1ccc(C(CN)NCC(F)F)cc1. The molecular weight excluding hydrogens is 238 g/mol. The highest BCUT2D eigenvalue weighted by atomic mass is 19.3. The maximum atomic E-state index is 12.1. The molecule has 0 saturated carbocycles. The summed E-state index contributed by atoms with van der Waals surface area (Å²) in [6, 6.07) is 7.11. The molecule has 1 aromatic rings. The summed E-state index contributed by atoms with van der Waals surface area (Å²) >= 11 is 0. The highest BCUT2D eigenvalue weighted by Gasteiger charge is 2.11. The van der Waals surface area contributed by atoms with Crippen LogP contribution < -0.4 is 15.8 Å². The predicted octanol–water partition coefficient (Wildman–Crippen LogP) is 2.33. The van der Waals surface area contributed by atoms with Crippen molar-refractivity contribution in [1.29, 1.82) is 0 Å². The lowest BCUT2D eigenvalue weighted by atomic mass is 10.1. The van der Waals surface area contributed by atoms with Crippen molar-refractivity contribution in [2.24, 2.45) is 5.73 Å². The molecule has 1 atom stereocenters. The molecule has 0 aliphatic rings. The van der Waals surface area contributed by atoms with Gasteiger partial charge >= 0.3 is 0 Å². The van der Waals surface area contributed by atoms with Crippen LogP contribution in [0.5, 0.6) is 5.75 Å². The lowest BCUT2D eigenvalue weighted by molar-refractivity contribution is 0.141. The standard InChI is InChI=1S/C13H20F2N2O/c1-2-7-18-11-5-3-10(4-6-11)12(8-16)17-9-13(14)15/h3-6,12-13,17H,2,7-9,16H2,1H3. The van der Waals surface area contributed by atoms with E-state index in [1.54, 1.807) is 0 Å².